The summed E-state index contributed by atoms with van der Waals surface area (Å²) in [4.78, 5) is 74.4. The van der Waals surface area contributed by atoms with Gasteiger partial charge in [0.2, 0.25) is 0 Å². The summed E-state index contributed by atoms with van der Waals surface area (Å²) >= 11 is 0. The predicted octanol–water partition coefficient (Wildman–Crippen LogP) is 3.08. The third kappa shape index (κ3) is 4.35. The van der Waals surface area contributed by atoms with Crippen molar-refractivity contribution in [1.82, 2.24) is 10.0 Å². The Morgan fingerprint density at radius 2 is 1.69 bits per heavy atom. The number of hydrogen-bond acceptors (Lipinski definition) is 8. The summed E-state index contributed by atoms with van der Waals surface area (Å²) in [6.45, 7) is 0.980. The maximum Gasteiger partial charge on any atom is 0.282 e. The van der Waals surface area contributed by atoms with Crippen LogP contribution in [0.5, 0.6) is 0 Å². The van der Waals surface area contributed by atoms with Crippen LogP contribution in [0.1, 0.15) is 40.5 Å². The van der Waals surface area contributed by atoms with Crippen molar-refractivity contribution in [1.29, 1.82) is 0 Å². The number of amides is 3. The number of benzene rings is 2. The van der Waals surface area contributed by atoms with Crippen LogP contribution in [0.3, 0.4) is 0 Å². The van der Waals surface area contributed by atoms with Crippen molar-refractivity contribution >= 4 is 34.9 Å². The van der Waals surface area contributed by atoms with Gasteiger partial charge in [0.25, 0.3) is 29.1 Å². The van der Waals surface area contributed by atoms with E-state index >= 15 is 0 Å². The molecule has 0 saturated carbocycles. The number of Topliss-reactive ketones (excluding diaryl/α,β-unsaturated/α-hetero) is 1. The molecule has 2 aromatic rings. The predicted molar refractivity (Wildman–Crippen MR) is 123 cm³/mol. The van der Waals surface area contributed by atoms with Gasteiger partial charge in [0, 0.05) is 23.8 Å². The second-order valence-corrected chi connectivity index (χ2v) is 8.56. The van der Waals surface area contributed by atoms with E-state index in [0.717, 1.165) is 23.8 Å². The van der Waals surface area contributed by atoms with Crippen LogP contribution in [-0.2, 0) is 9.59 Å². The minimum Gasteiger partial charge on any atom is -0.292 e. The molecule has 12 heteroatoms. The normalized spacial score (nSPS) is 18.9. The molecule has 0 N–H and O–H groups in total. The molecule has 2 atom stereocenters. The SMILES string of the molecule is CC1=CC[C@@H]2C(=O)N(N(CC(=O)c3cccc([N+](=O)[O-])c3)C(=O)c3ccccc3[N+](=O)[O-])C(=O)[C@@H]2C1. The van der Waals surface area contributed by atoms with Gasteiger partial charge >= 0.3 is 0 Å². The van der Waals surface area contributed by atoms with Gasteiger partial charge in [0.05, 0.1) is 21.7 Å². The van der Waals surface area contributed by atoms with Gasteiger partial charge in [0.15, 0.2) is 5.78 Å². The highest BCUT2D eigenvalue weighted by Gasteiger charge is 2.52. The standard InChI is InChI=1S/C24H20N4O8/c1-14-9-10-17-19(11-14)24(32)26(23(17)31)25(22(30)18-7-2-3-8-20(18)28(35)36)13-21(29)15-5-4-6-16(12-15)27(33)34/h2-9,12,17,19H,10-11,13H2,1H3/t17-,19+/m0/s1. The molecule has 2 aromatic carbocycles. The number of nitro groups is 2. The van der Waals surface area contributed by atoms with Crippen LogP contribution in [0.15, 0.2) is 60.2 Å². The fraction of sp³-hybridized carbons (Fsp3) is 0.250. The molecular formula is C24H20N4O8. The van der Waals surface area contributed by atoms with E-state index in [1.54, 1.807) is 0 Å². The Kier molecular flexibility index (Phi) is 6.43. The Bertz CT molecular complexity index is 1350. The van der Waals surface area contributed by atoms with Gasteiger partial charge < -0.3 is 0 Å². The van der Waals surface area contributed by atoms with E-state index in [-0.39, 0.29) is 17.7 Å². The van der Waals surface area contributed by atoms with Crippen LogP contribution in [0.4, 0.5) is 11.4 Å². The molecule has 184 valence electrons. The zero-order valence-electron chi connectivity index (χ0n) is 19.0. The van der Waals surface area contributed by atoms with Gasteiger partial charge in [0.1, 0.15) is 12.1 Å². The highest BCUT2D eigenvalue weighted by molar-refractivity contribution is 6.10. The summed E-state index contributed by atoms with van der Waals surface area (Å²) in [5, 5.41) is 23.9. The maximum absolute atomic E-state index is 13.6. The molecule has 0 spiro atoms. The summed E-state index contributed by atoms with van der Waals surface area (Å²) in [5.74, 6) is -4.71. The second-order valence-electron chi connectivity index (χ2n) is 8.56. The average Bonchev–Trinajstić information content (AvgIpc) is 3.10. The van der Waals surface area contributed by atoms with Crippen molar-refractivity contribution in [2.75, 3.05) is 6.54 Å². The Morgan fingerprint density at radius 3 is 2.39 bits per heavy atom. The first-order valence-corrected chi connectivity index (χ1v) is 11.0. The smallest absolute Gasteiger partial charge is 0.282 e. The number of para-hydroxylation sites is 1. The number of fused-ring (bicyclic) bond motifs is 1. The van der Waals surface area contributed by atoms with Crippen molar-refractivity contribution in [3.63, 3.8) is 0 Å². The fourth-order valence-electron chi connectivity index (χ4n) is 4.46. The van der Waals surface area contributed by atoms with Crippen molar-refractivity contribution < 1.29 is 29.0 Å². The number of imide groups is 1. The lowest BCUT2D eigenvalue weighted by Crippen LogP contribution is -2.52. The number of nitro benzene ring substituents is 2. The molecule has 1 aliphatic carbocycles. The molecule has 4 rings (SSSR count). The first-order valence-electron chi connectivity index (χ1n) is 11.0. The van der Waals surface area contributed by atoms with E-state index < -0.39 is 63.0 Å². The van der Waals surface area contributed by atoms with Crippen LogP contribution in [0.2, 0.25) is 0 Å². The van der Waals surface area contributed by atoms with Crippen molar-refractivity contribution in [3.05, 3.63) is 91.5 Å². The number of rotatable bonds is 7. The average molecular weight is 492 g/mol. The van der Waals surface area contributed by atoms with Gasteiger partial charge in [-0.15, -0.1) is 0 Å². The maximum atomic E-state index is 13.6. The van der Waals surface area contributed by atoms with Gasteiger partial charge in [-0.3, -0.25) is 39.4 Å². The minimum atomic E-state index is -1.09. The molecule has 1 fully saturated rings. The Morgan fingerprint density at radius 1 is 1.00 bits per heavy atom. The molecule has 1 aliphatic heterocycles. The molecule has 1 heterocycles. The van der Waals surface area contributed by atoms with Crippen molar-refractivity contribution in [2.24, 2.45) is 11.8 Å². The van der Waals surface area contributed by atoms with E-state index in [1.165, 1.54) is 30.3 Å². The van der Waals surface area contributed by atoms with Crippen LogP contribution in [-0.4, -0.2) is 49.9 Å². The number of carbonyl (C=O) groups is 4. The fourth-order valence-corrected chi connectivity index (χ4v) is 4.46. The molecule has 12 nitrogen and oxygen atoms in total. The molecule has 0 radical (unpaired) electrons. The molecule has 0 bridgehead atoms. The second kappa shape index (κ2) is 9.49. The Hall–Kier alpha value is -4.74. The van der Waals surface area contributed by atoms with Gasteiger partial charge in [-0.2, -0.15) is 5.01 Å². The number of hydrazine groups is 1. The van der Waals surface area contributed by atoms with Gasteiger partial charge in [-0.05, 0) is 25.8 Å². The zero-order chi connectivity index (χ0) is 26.1. The summed E-state index contributed by atoms with van der Waals surface area (Å²) in [6.07, 6.45) is 2.42. The number of non-ortho nitro benzene ring substituents is 1. The third-order valence-electron chi connectivity index (χ3n) is 6.28. The van der Waals surface area contributed by atoms with E-state index in [0.29, 0.717) is 16.4 Å². The number of ketones is 1. The summed E-state index contributed by atoms with van der Waals surface area (Å²) in [6, 6.07) is 9.75. The first-order chi connectivity index (χ1) is 17.1. The Balaban J connectivity index is 1.75. The third-order valence-corrected chi connectivity index (χ3v) is 6.28. The van der Waals surface area contributed by atoms with Crippen LogP contribution in [0, 0.1) is 32.1 Å². The quantitative estimate of drug-likeness (QED) is 0.187. The number of nitrogens with zero attached hydrogens (tertiary/aromatic N) is 4. The highest BCUT2D eigenvalue weighted by Crippen LogP contribution is 2.39. The largest absolute Gasteiger partial charge is 0.292 e. The van der Waals surface area contributed by atoms with Crippen molar-refractivity contribution in [3.8, 4) is 0 Å². The van der Waals surface area contributed by atoms with E-state index in [2.05, 4.69) is 0 Å². The van der Waals surface area contributed by atoms with Gasteiger partial charge in [-0.25, -0.2) is 5.01 Å². The lowest BCUT2D eigenvalue weighted by atomic mass is 9.82. The Labute approximate surface area is 204 Å². The van der Waals surface area contributed by atoms with E-state index in [1.807, 2.05) is 13.0 Å². The minimum absolute atomic E-state index is 0.126. The van der Waals surface area contributed by atoms with Crippen LogP contribution < -0.4 is 0 Å². The summed E-state index contributed by atoms with van der Waals surface area (Å²) < 4.78 is 0. The highest BCUT2D eigenvalue weighted by atomic mass is 16.6. The molecule has 36 heavy (non-hydrogen) atoms. The monoisotopic (exact) mass is 492 g/mol. The van der Waals surface area contributed by atoms with E-state index in [9.17, 15) is 39.4 Å². The van der Waals surface area contributed by atoms with Crippen LogP contribution in [0.25, 0.3) is 0 Å². The molecule has 2 aliphatic rings. The lowest BCUT2D eigenvalue weighted by Gasteiger charge is -2.30. The number of hydrogen-bond donors (Lipinski definition) is 0. The number of allylic oxidation sites excluding steroid dienone is 2. The number of carbonyl (C=O) groups excluding carboxylic acids is 4. The zero-order valence-corrected chi connectivity index (χ0v) is 19.0. The summed E-state index contributed by atoms with van der Waals surface area (Å²) in [7, 11) is 0. The molecule has 3 amide bonds. The van der Waals surface area contributed by atoms with Crippen molar-refractivity contribution in [2.45, 2.75) is 19.8 Å². The molecule has 0 unspecified atom stereocenters. The summed E-state index contributed by atoms with van der Waals surface area (Å²) in [5.41, 5.74) is -0.566. The first kappa shape index (κ1) is 24.4. The molecule has 1 saturated heterocycles. The molecular weight excluding hydrogens is 472 g/mol. The van der Waals surface area contributed by atoms with Gasteiger partial charge in [-0.1, -0.05) is 35.9 Å². The topological polar surface area (TPSA) is 161 Å². The lowest BCUT2D eigenvalue weighted by molar-refractivity contribution is -0.385. The van der Waals surface area contributed by atoms with E-state index in [4.69, 9.17) is 0 Å². The van der Waals surface area contributed by atoms with Crippen LogP contribution >= 0.6 is 0 Å². The molecule has 0 aromatic heterocycles.